The third kappa shape index (κ3) is 4.01. The molecular weight excluding hydrogens is 276 g/mol. The topological polar surface area (TPSA) is 50.4 Å². The summed E-state index contributed by atoms with van der Waals surface area (Å²) >= 11 is 0. The second kappa shape index (κ2) is 6.98. The molecule has 0 aliphatic carbocycles. The molecule has 0 fully saturated rings. The highest BCUT2D eigenvalue weighted by Gasteiger charge is 2.13. The molecule has 2 aromatic carbocycles. The lowest BCUT2D eigenvalue weighted by Gasteiger charge is -2.16. The lowest BCUT2D eigenvalue weighted by atomic mass is 10.1. The van der Waals surface area contributed by atoms with Gasteiger partial charge in [0.05, 0.1) is 7.11 Å². The van der Waals surface area contributed by atoms with Crippen LogP contribution >= 0.6 is 0 Å². The molecule has 0 aromatic heterocycles. The first-order valence-corrected chi connectivity index (χ1v) is 7.28. The Morgan fingerprint density at radius 1 is 1.00 bits per heavy atom. The summed E-state index contributed by atoms with van der Waals surface area (Å²) in [6.07, 6.45) is 0. The Labute approximate surface area is 131 Å². The van der Waals surface area contributed by atoms with E-state index in [2.05, 4.69) is 24.5 Å². The molecule has 2 rings (SSSR count). The van der Waals surface area contributed by atoms with E-state index in [9.17, 15) is 4.79 Å². The molecule has 0 saturated carbocycles. The number of amides is 1. The summed E-state index contributed by atoms with van der Waals surface area (Å²) in [5.41, 5.74) is 4.13. The summed E-state index contributed by atoms with van der Waals surface area (Å²) in [5, 5.41) is 6.10. The molecule has 1 atom stereocenters. The zero-order valence-electron chi connectivity index (χ0n) is 13.4. The predicted molar refractivity (Wildman–Crippen MR) is 90.6 cm³/mol. The number of aryl methyl sites for hydroxylation is 2. The smallest absolute Gasteiger partial charge is 0.246 e. The van der Waals surface area contributed by atoms with E-state index in [1.807, 2.05) is 49.4 Å². The Morgan fingerprint density at radius 3 is 2.23 bits per heavy atom. The van der Waals surface area contributed by atoms with Crippen LogP contribution in [0.3, 0.4) is 0 Å². The fourth-order valence-electron chi connectivity index (χ4n) is 2.07. The molecule has 4 nitrogen and oxygen atoms in total. The molecule has 0 saturated heterocycles. The Balaban J connectivity index is 1.97. The molecule has 4 heteroatoms. The number of hydrogen-bond acceptors (Lipinski definition) is 3. The first kappa shape index (κ1) is 15.9. The Morgan fingerprint density at radius 2 is 1.64 bits per heavy atom. The predicted octanol–water partition coefficient (Wildman–Crippen LogP) is 3.75. The van der Waals surface area contributed by atoms with Crippen molar-refractivity contribution < 1.29 is 9.53 Å². The number of ether oxygens (including phenoxy) is 1. The molecule has 2 N–H and O–H groups in total. The van der Waals surface area contributed by atoms with E-state index < -0.39 is 0 Å². The monoisotopic (exact) mass is 298 g/mol. The maximum Gasteiger partial charge on any atom is 0.246 e. The van der Waals surface area contributed by atoms with Gasteiger partial charge in [0.1, 0.15) is 11.8 Å². The van der Waals surface area contributed by atoms with Crippen LogP contribution in [0.1, 0.15) is 18.1 Å². The minimum absolute atomic E-state index is 0.0802. The number of anilines is 2. The van der Waals surface area contributed by atoms with Gasteiger partial charge in [-0.2, -0.15) is 0 Å². The van der Waals surface area contributed by atoms with Crippen molar-refractivity contribution in [1.82, 2.24) is 0 Å². The Kier molecular flexibility index (Phi) is 5.04. The van der Waals surface area contributed by atoms with Crippen LogP contribution in [0.15, 0.2) is 42.5 Å². The minimum atomic E-state index is -0.329. The van der Waals surface area contributed by atoms with E-state index in [0.29, 0.717) is 0 Å². The van der Waals surface area contributed by atoms with Crippen LogP contribution in [0.2, 0.25) is 0 Å². The number of benzene rings is 2. The van der Waals surface area contributed by atoms with Crippen molar-refractivity contribution in [3.63, 3.8) is 0 Å². The number of nitrogens with one attached hydrogen (secondary N) is 2. The molecular formula is C18H22N2O2. The van der Waals surface area contributed by atoms with E-state index in [-0.39, 0.29) is 11.9 Å². The molecule has 1 unspecified atom stereocenters. The van der Waals surface area contributed by atoms with Gasteiger partial charge in [0.15, 0.2) is 0 Å². The van der Waals surface area contributed by atoms with Crippen molar-refractivity contribution in [1.29, 1.82) is 0 Å². The number of carbonyl (C=O) groups excluding carboxylic acids is 1. The van der Waals surface area contributed by atoms with Crippen LogP contribution in [-0.2, 0) is 4.79 Å². The molecule has 116 valence electrons. The van der Waals surface area contributed by atoms with Crippen LogP contribution in [0.5, 0.6) is 5.75 Å². The van der Waals surface area contributed by atoms with Gasteiger partial charge in [0.25, 0.3) is 0 Å². The van der Waals surface area contributed by atoms with Gasteiger partial charge >= 0.3 is 0 Å². The molecule has 0 bridgehead atoms. The SMILES string of the molecule is COc1ccc(NC(=O)C(C)Nc2ccc(C)c(C)c2)cc1. The zero-order valence-corrected chi connectivity index (χ0v) is 13.4. The minimum Gasteiger partial charge on any atom is -0.497 e. The summed E-state index contributed by atoms with van der Waals surface area (Å²) < 4.78 is 5.10. The van der Waals surface area contributed by atoms with E-state index in [1.165, 1.54) is 11.1 Å². The van der Waals surface area contributed by atoms with Crippen molar-refractivity contribution in [2.45, 2.75) is 26.8 Å². The number of carbonyl (C=O) groups is 1. The third-order valence-electron chi connectivity index (χ3n) is 3.64. The number of rotatable bonds is 5. The highest BCUT2D eigenvalue weighted by atomic mass is 16.5. The van der Waals surface area contributed by atoms with Gasteiger partial charge in [0.2, 0.25) is 5.91 Å². The molecule has 0 heterocycles. The van der Waals surface area contributed by atoms with Gasteiger partial charge in [-0.25, -0.2) is 0 Å². The second-order valence-corrected chi connectivity index (χ2v) is 5.38. The van der Waals surface area contributed by atoms with E-state index in [0.717, 1.165) is 17.1 Å². The normalized spacial score (nSPS) is 11.6. The maximum atomic E-state index is 12.2. The standard InChI is InChI=1S/C18H22N2O2/c1-12-5-6-16(11-13(12)2)19-14(3)18(21)20-15-7-9-17(22-4)10-8-15/h5-11,14,19H,1-4H3,(H,20,21). The quantitative estimate of drug-likeness (QED) is 0.884. The summed E-state index contributed by atoms with van der Waals surface area (Å²) in [6, 6.07) is 13.0. The van der Waals surface area contributed by atoms with Gasteiger partial charge in [-0.15, -0.1) is 0 Å². The zero-order chi connectivity index (χ0) is 16.1. The molecule has 2 aromatic rings. The largest absolute Gasteiger partial charge is 0.497 e. The van der Waals surface area contributed by atoms with E-state index in [4.69, 9.17) is 4.74 Å². The molecule has 0 radical (unpaired) electrons. The van der Waals surface area contributed by atoms with Crippen LogP contribution in [0.4, 0.5) is 11.4 Å². The van der Waals surface area contributed by atoms with Crippen LogP contribution < -0.4 is 15.4 Å². The van der Waals surface area contributed by atoms with Crippen molar-refractivity contribution in [3.8, 4) is 5.75 Å². The van der Waals surface area contributed by atoms with Crippen molar-refractivity contribution in [3.05, 3.63) is 53.6 Å². The van der Waals surface area contributed by atoms with Crippen molar-refractivity contribution >= 4 is 17.3 Å². The Hall–Kier alpha value is -2.49. The van der Waals surface area contributed by atoms with Crippen molar-refractivity contribution in [2.24, 2.45) is 0 Å². The summed E-state index contributed by atoms with van der Waals surface area (Å²) in [6.45, 7) is 5.97. The van der Waals surface area contributed by atoms with Crippen LogP contribution in [0.25, 0.3) is 0 Å². The molecule has 1 amide bonds. The molecule has 22 heavy (non-hydrogen) atoms. The lowest BCUT2D eigenvalue weighted by Crippen LogP contribution is -2.31. The molecule has 0 aliphatic heterocycles. The van der Waals surface area contributed by atoms with Gasteiger partial charge in [0, 0.05) is 11.4 Å². The highest BCUT2D eigenvalue weighted by Crippen LogP contribution is 2.17. The average Bonchev–Trinajstić information content (AvgIpc) is 2.51. The molecule has 0 aliphatic rings. The van der Waals surface area contributed by atoms with Gasteiger partial charge in [-0.1, -0.05) is 6.07 Å². The van der Waals surface area contributed by atoms with Crippen LogP contribution in [0, 0.1) is 13.8 Å². The summed E-state index contributed by atoms with van der Waals surface area (Å²) in [4.78, 5) is 12.2. The number of methoxy groups -OCH3 is 1. The average molecular weight is 298 g/mol. The first-order chi connectivity index (χ1) is 10.5. The van der Waals surface area contributed by atoms with Crippen LogP contribution in [-0.4, -0.2) is 19.1 Å². The fraction of sp³-hybridized carbons (Fsp3) is 0.278. The van der Waals surface area contributed by atoms with E-state index >= 15 is 0 Å². The van der Waals surface area contributed by atoms with Crippen molar-refractivity contribution in [2.75, 3.05) is 17.7 Å². The number of hydrogen-bond donors (Lipinski definition) is 2. The van der Waals surface area contributed by atoms with Gasteiger partial charge in [-0.3, -0.25) is 4.79 Å². The third-order valence-corrected chi connectivity index (χ3v) is 3.64. The van der Waals surface area contributed by atoms with Gasteiger partial charge < -0.3 is 15.4 Å². The summed E-state index contributed by atoms with van der Waals surface area (Å²) in [7, 11) is 1.61. The maximum absolute atomic E-state index is 12.2. The summed E-state index contributed by atoms with van der Waals surface area (Å²) in [5.74, 6) is 0.683. The fourth-order valence-corrected chi connectivity index (χ4v) is 2.07. The second-order valence-electron chi connectivity index (χ2n) is 5.38. The lowest BCUT2D eigenvalue weighted by molar-refractivity contribution is -0.116. The van der Waals surface area contributed by atoms with E-state index in [1.54, 1.807) is 7.11 Å². The highest BCUT2D eigenvalue weighted by molar-refractivity contribution is 5.96. The Bertz CT molecular complexity index is 651. The first-order valence-electron chi connectivity index (χ1n) is 7.28. The molecule has 0 spiro atoms. The van der Waals surface area contributed by atoms with Gasteiger partial charge in [-0.05, 0) is 68.3 Å².